The van der Waals surface area contributed by atoms with Crippen LogP contribution in [-0.4, -0.2) is 55.7 Å². The molecule has 2 aromatic carbocycles. The highest BCUT2D eigenvalue weighted by atomic mass is 35.5. The predicted molar refractivity (Wildman–Crippen MR) is 112 cm³/mol. The first-order chi connectivity index (χ1) is 14.1. The maximum atomic E-state index is 12.4. The van der Waals surface area contributed by atoms with E-state index in [2.05, 4.69) is 4.90 Å². The van der Waals surface area contributed by atoms with Crippen LogP contribution in [0.2, 0.25) is 5.02 Å². The molecule has 0 aliphatic carbocycles. The van der Waals surface area contributed by atoms with Crippen molar-refractivity contribution in [1.29, 1.82) is 0 Å². The van der Waals surface area contributed by atoms with Crippen molar-refractivity contribution in [3.63, 3.8) is 0 Å². The van der Waals surface area contributed by atoms with Gasteiger partial charge in [-0.15, -0.1) is 0 Å². The van der Waals surface area contributed by atoms with E-state index in [4.69, 9.17) is 21.1 Å². The van der Waals surface area contributed by atoms with Gasteiger partial charge in [0.25, 0.3) is 5.91 Å². The molecule has 0 unspecified atom stereocenters. The van der Waals surface area contributed by atoms with Gasteiger partial charge in [0.15, 0.2) is 12.7 Å². The molecule has 1 atom stereocenters. The number of esters is 1. The molecule has 1 saturated heterocycles. The maximum Gasteiger partial charge on any atom is 0.347 e. The summed E-state index contributed by atoms with van der Waals surface area (Å²) in [6, 6.07) is 16.8. The van der Waals surface area contributed by atoms with E-state index in [1.807, 2.05) is 49.4 Å². The van der Waals surface area contributed by atoms with Crippen molar-refractivity contribution in [2.24, 2.45) is 0 Å². The van der Waals surface area contributed by atoms with E-state index in [-0.39, 0.29) is 12.5 Å². The highest BCUT2D eigenvalue weighted by Gasteiger charge is 2.25. The number of halogens is 1. The second-order valence-electron chi connectivity index (χ2n) is 6.78. The van der Waals surface area contributed by atoms with Gasteiger partial charge in [0.05, 0.1) is 0 Å². The second kappa shape index (κ2) is 10.2. The number of benzene rings is 2. The highest BCUT2D eigenvalue weighted by Crippen LogP contribution is 2.21. The largest absolute Gasteiger partial charge is 0.479 e. The summed E-state index contributed by atoms with van der Waals surface area (Å²) in [5.74, 6) is -0.124. The average molecular weight is 417 g/mol. The van der Waals surface area contributed by atoms with Crippen molar-refractivity contribution < 1.29 is 19.1 Å². The molecule has 7 heteroatoms. The van der Waals surface area contributed by atoms with Gasteiger partial charge in [0.2, 0.25) is 0 Å². The molecule has 1 aliphatic heterocycles. The molecule has 0 aromatic heterocycles. The summed E-state index contributed by atoms with van der Waals surface area (Å²) in [7, 11) is 0. The summed E-state index contributed by atoms with van der Waals surface area (Å²) in [5, 5.41) is 0.691. The number of hydrogen-bond donors (Lipinski definition) is 0. The summed E-state index contributed by atoms with van der Waals surface area (Å²) < 4.78 is 10.9. The number of anilines is 1. The van der Waals surface area contributed by atoms with Crippen molar-refractivity contribution >= 4 is 29.2 Å². The van der Waals surface area contributed by atoms with Crippen molar-refractivity contribution in [1.82, 2.24) is 4.90 Å². The zero-order valence-electron chi connectivity index (χ0n) is 16.4. The number of nitrogens with zero attached hydrogens (tertiary/aromatic N) is 2. The Bertz CT molecular complexity index is 823. The highest BCUT2D eigenvalue weighted by molar-refractivity contribution is 6.30. The molecular weight excluding hydrogens is 392 g/mol. The lowest BCUT2D eigenvalue weighted by Crippen LogP contribution is -2.50. The van der Waals surface area contributed by atoms with E-state index in [9.17, 15) is 9.59 Å². The molecule has 3 rings (SSSR count). The fourth-order valence-electron chi connectivity index (χ4n) is 3.17. The zero-order valence-corrected chi connectivity index (χ0v) is 17.2. The molecule has 0 spiro atoms. The number of carbonyl (C=O) groups excluding carboxylic acids is 2. The first-order valence-electron chi connectivity index (χ1n) is 9.73. The molecule has 6 nitrogen and oxygen atoms in total. The van der Waals surface area contributed by atoms with Crippen molar-refractivity contribution in [2.75, 3.05) is 37.7 Å². The maximum absolute atomic E-state index is 12.4. The lowest BCUT2D eigenvalue weighted by molar-refractivity contribution is -0.158. The molecule has 0 saturated carbocycles. The Kier molecular flexibility index (Phi) is 7.36. The topological polar surface area (TPSA) is 59.1 Å². The van der Waals surface area contributed by atoms with Gasteiger partial charge in [-0.2, -0.15) is 0 Å². The van der Waals surface area contributed by atoms with Crippen LogP contribution < -0.4 is 9.64 Å². The van der Waals surface area contributed by atoms with Crippen LogP contribution >= 0.6 is 11.6 Å². The average Bonchev–Trinajstić information content (AvgIpc) is 2.76. The van der Waals surface area contributed by atoms with Crippen LogP contribution in [0, 0.1) is 0 Å². The fraction of sp³-hybridized carbons (Fsp3) is 0.364. The first kappa shape index (κ1) is 21.0. The lowest BCUT2D eigenvalue weighted by atomic mass is 10.2. The first-order valence-corrected chi connectivity index (χ1v) is 10.1. The molecule has 0 radical (unpaired) electrons. The fourth-order valence-corrected chi connectivity index (χ4v) is 3.35. The lowest BCUT2D eigenvalue weighted by Gasteiger charge is -2.36. The van der Waals surface area contributed by atoms with Gasteiger partial charge in [-0.3, -0.25) is 4.79 Å². The summed E-state index contributed by atoms with van der Waals surface area (Å²) in [5.41, 5.74) is 1.04. The molecule has 1 fully saturated rings. The number of para-hydroxylation sites is 1. The van der Waals surface area contributed by atoms with Crippen LogP contribution in [0.5, 0.6) is 5.75 Å². The number of hydrogen-bond acceptors (Lipinski definition) is 5. The molecule has 2 aromatic rings. The van der Waals surface area contributed by atoms with Crippen LogP contribution in [0.25, 0.3) is 0 Å². The van der Waals surface area contributed by atoms with Crippen LogP contribution in [0.3, 0.4) is 0 Å². The van der Waals surface area contributed by atoms with Crippen molar-refractivity contribution in [3.8, 4) is 5.75 Å². The van der Waals surface area contributed by atoms with E-state index in [1.54, 1.807) is 17.0 Å². The Hall–Kier alpha value is -2.73. The molecule has 1 amide bonds. The van der Waals surface area contributed by atoms with Gasteiger partial charge in [-0.1, -0.05) is 42.8 Å². The van der Waals surface area contributed by atoms with Crippen LogP contribution in [0.1, 0.15) is 13.3 Å². The number of rotatable bonds is 7. The van der Waals surface area contributed by atoms with Gasteiger partial charge in [0.1, 0.15) is 5.75 Å². The number of ether oxygens (including phenoxy) is 2. The van der Waals surface area contributed by atoms with Crippen LogP contribution in [0.4, 0.5) is 5.69 Å². The standard InChI is InChI=1S/C22H25ClN2O4/c1-2-20(29-19-9-4-3-5-10-19)22(27)28-16-21(26)25-13-11-24(12-14-25)18-8-6-7-17(23)15-18/h3-10,15,20H,2,11-14,16H2,1H3/t20-/m0/s1. The van der Waals surface area contributed by atoms with E-state index in [1.165, 1.54) is 0 Å². The van der Waals surface area contributed by atoms with E-state index >= 15 is 0 Å². The Morgan fingerprint density at radius 1 is 1.03 bits per heavy atom. The molecule has 154 valence electrons. The molecule has 29 heavy (non-hydrogen) atoms. The predicted octanol–water partition coefficient (Wildman–Crippen LogP) is 3.39. The Morgan fingerprint density at radius 2 is 1.76 bits per heavy atom. The molecule has 0 bridgehead atoms. The number of carbonyl (C=O) groups is 2. The zero-order chi connectivity index (χ0) is 20.6. The van der Waals surface area contributed by atoms with E-state index in [0.29, 0.717) is 43.4 Å². The summed E-state index contributed by atoms with van der Waals surface area (Å²) in [4.78, 5) is 28.6. The van der Waals surface area contributed by atoms with Crippen molar-refractivity contribution in [3.05, 3.63) is 59.6 Å². The third kappa shape index (κ3) is 5.87. The van der Waals surface area contributed by atoms with Gasteiger partial charge in [-0.05, 0) is 36.8 Å². The quantitative estimate of drug-likeness (QED) is 0.647. The Morgan fingerprint density at radius 3 is 2.41 bits per heavy atom. The van der Waals surface area contributed by atoms with Crippen molar-refractivity contribution in [2.45, 2.75) is 19.4 Å². The Balaban J connectivity index is 1.45. The Labute approximate surface area is 176 Å². The SMILES string of the molecule is CC[C@H](Oc1ccccc1)C(=O)OCC(=O)N1CCN(c2cccc(Cl)c2)CC1. The summed E-state index contributed by atoms with van der Waals surface area (Å²) >= 11 is 6.05. The smallest absolute Gasteiger partial charge is 0.347 e. The van der Waals surface area contributed by atoms with Gasteiger partial charge in [-0.25, -0.2) is 4.79 Å². The van der Waals surface area contributed by atoms with E-state index < -0.39 is 12.1 Å². The van der Waals surface area contributed by atoms with Gasteiger partial charge in [0, 0.05) is 36.9 Å². The minimum absolute atomic E-state index is 0.196. The van der Waals surface area contributed by atoms with Gasteiger partial charge < -0.3 is 19.3 Å². The van der Waals surface area contributed by atoms with E-state index in [0.717, 1.165) is 5.69 Å². The minimum atomic E-state index is -0.732. The normalized spacial score (nSPS) is 15.0. The van der Waals surface area contributed by atoms with Crippen LogP contribution in [-0.2, 0) is 14.3 Å². The molecule has 1 aliphatic rings. The minimum Gasteiger partial charge on any atom is -0.479 e. The summed E-state index contributed by atoms with van der Waals surface area (Å²) in [6.45, 7) is 4.11. The molecule has 1 heterocycles. The monoisotopic (exact) mass is 416 g/mol. The van der Waals surface area contributed by atoms with Crippen LogP contribution in [0.15, 0.2) is 54.6 Å². The third-order valence-electron chi connectivity index (χ3n) is 4.80. The number of piperazine rings is 1. The second-order valence-corrected chi connectivity index (χ2v) is 7.22. The number of amides is 1. The molecule has 0 N–H and O–H groups in total. The third-order valence-corrected chi connectivity index (χ3v) is 5.03. The van der Waals surface area contributed by atoms with Gasteiger partial charge >= 0.3 is 5.97 Å². The summed E-state index contributed by atoms with van der Waals surface area (Å²) in [6.07, 6.45) is -0.273. The molecular formula is C22H25ClN2O4.